The van der Waals surface area contributed by atoms with Crippen LogP contribution in [0.2, 0.25) is 0 Å². The SMILES string of the molecule is COc1ccc2nc(Nc3ncnc(Nc4cccc(C)c4C)c3[N+](=O)[O-])sc2c1. The number of aromatic nitrogens is 3. The third-order valence-electron chi connectivity index (χ3n) is 4.68. The van der Waals surface area contributed by atoms with E-state index in [1.54, 1.807) is 7.11 Å². The van der Waals surface area contributed by atoms with Crippen LogP contribution in [0.4, 0.5) is 28.1 Å². The first-order chi connectivity index (χ1) is 14.5. The Labute approximate surface area is 175 Å². The van der Waals surface area contributed by atoms with Crippen LogP contribution in [-0.2, 0) is 0 Å². The van der Waals surface area contributed by atoms with Crippen LogP contribution in [-0.4, -0.2) is 27.0 Å². The van der Waals surface area contributed by atoms with E-state index >= 15 is 0 Å². The van der Waals surface area contributed by atoms with Crippen LogP contribution in [0.5, 0.6) is 5.75 Å². The Morgan fingerprint density at radius 3 is 2.60 bits per heavy atom. The molecule has 2 N–H and O–H groups in total. The highest BCUT2D eigenvalue weighted by molar-refractivity contribution is 7.22. The molecule has 10 heteroatoms. The number of nitro groups is 1. The van der Waals surface area contributed by atoms with Crippen LogP contribution in [0.1, 0.15) is 11.1 Å². The summed E-state index contributed by atoms with van der Waals surface area (Å²) in [6.07, 6.45) is 1.28. The smallest absolute Gasteiger partial charge is 0.353 e. The van der Waals surface area contributed by atoms with Crippen molar-refractivity contribution < 1.29 is 9.66 Å². The van der Waals surface area contributed by atoms with Gasteiger partial charge in [0.2, 0.25) is 11.6 Å². The Kier molecular flexibility index (Phi) is 5.15. The van der Waals surface area contributed by atoms with Gasteiger partial charge in [0.15, 0.2) is 5.13 Å². The predicted molar refractivity (Wildman–Crippen MR) is 117 cm³/mol. The second kappa shape index (κ2) is 7.91. The van der Waals surface area contributed by atoms with Crippen molar-refractivity contribution >= 4 is 49.7 Å². The number of fused-ring (bicyclic) bond motifs is 1. The number of aryl methyl sites for hydroxylation is 1. The Hall–Kier alpha value is -3.79. The molecule has 0 saturated heterocycles. The van der Waals surface area contributed by atoms with Crippen LogP contribution >= 0.6 is 11.3 Å². The average molecular weight is 422 g/mol. The summed E-state index contributed by atoms with van der Waals surface area (Å²) in [6.45, 7) is 3.92. The maximum absolute atomic E-state index is 11.8. The van der Waals surface area contributed by atoms with Crippen molar-refractivity contribution in [2.75, 3.05) is 17.7 Å². The van der Waals surface area contributed by atoms with Gasteiger partial charge in [0.25, 0.3) is 0 Å². The molecule has 4 rings (SSSR count). The minimum Gasteiger partial charge on any atom is -0.497 e. The van der Waals surface area contributed by atoms with Crippen LogP contribution in [0.3, 0.4) is 0 Å². The number of nitrogens with zero attached hydrogens (tertiary/aromatic N) is 4. The normalized spacial score (nSPS) is 10.8. The molecular weight excluding hydrogens is 404 g/mol. The minimum atomic E-state index is -0.508. The molecule has 0 aliphatic rings. The van der Waals surface area contributed by atoms with Gasteiger partial charge < -0.3 is 15.4 Å². The molecule has 0 fully saturated rings. The third kappa shape index (κ3) is 3.72. The number of benzene rings is 2. The van der Waals surface area contributed by atoms with E-state index in [4.69, 9.17) is 4.74 Å². The lowest BCUT2D eigenvalue weighted by molar-refractivity contribution is -0.383. The zero-order chi connectivity index (χ0) is 21.3. The van der Waals surface area contributed by atoms with E-state index in [1.807, 2.05) is 50.2 Å². The molecule has 0 atom stereocenters. The maximum atomic E-state index is 11.8. The van der Waals surface area contributed by atoms with E-state index in [0.717, 1.165) is 27.0 Å². The molecule has 0 radical (unpaired) electrons. The molecular formula is C20H18N6O3S. The molecule has 2 aromatic carbocycles. The van der Waals surface area contributed by atoms with Crippen LogP contribution in [0.25, 0.3) is 10.2 Å². The van der Waals surface area contributed by atoms with Gasteiger partial charge in [-0.3, -0.25) is 10.1 Å². The van der Waals surface area contributed by atoms with Gasteiger partial charge in [0.1, 0.15) is 12.1 Å². The molecule has 9 nitrogen and oxygen atoms in total. The molecule has 152 valence electrons. The van der Waals surface area contributed by atoms with Crippen molar-refractivity contribution in [3.05, 3.63) is 64.0 Å². The summed E-state index contributed by atoms with van der Waals surface area (Å²) in [6, 6.07) is 11.2. The van der Waals surface area contributed by atoms with Crippen molar-refractivity contribution in [3.63, 3.8) is 0 Å². The molecule has 0 spiro atoms. The molecule has 4 aromatic rings. The van der Waals surface area contributed by atoms with Crippen LogP contribution < -0.4 is 15.4 Å². The number of hydrogen-bond acceptors (Lipinski definition) is 9. The Bertz CT molecular complexity index is 1260. The summed E-state index contributed by atoms with van der Waals surface area (Å²) < 4.78 is 6.12. The first kappa shape index (κ1) is 19.5. The maximum Gasteiger partial charge on any atom is 0.353 e. The monoisotopic (exact) mass is 422 g/mol. The summed E-state index contributed by atoms with van der Waals surface area (Å²) in [5.41, 5.74) is 3.30. The first-order valence-corrected chi connectivity index (χ1v) is 9.82. The summed E-state index contributed by atoms with van der Waals surface area (Å²) in [7, 11) is 1.59. The van der Waals surface area contributed by atoms with Gasteiger partial charge in [-0.05, 0) is 49.2 Å². The fraction of sp³-hybridized carbons (Fsp3) is 0.150. The van der Waals surface area contributed by atoms with Gasteiger partial charge in [0.05, 0.1) is 22.2 Å². The van der Waals surface area contributed by atoms with Gasteiger partial charge >= 0.3 is 5.69 Å². The Morgan fingerprint density at radius 2 is 1.87 bits per heavy atom. The molecule has 0 aliphatic carbocycles. The number of ether oxygens (including phenoxy) is 1. The Morgan fingerprint density at radius 1 is 1.10 bits per heavy atom. The standard InChI is InChI=1S/C20H18N6O3S/c1-11-5-4-6-14(12(11)2)23-18-17(26(27)28)19(22-10-21-18)25-20-24-15-8-7-13(29-3)9-16(15)30-20/h4-10H,1-3H3,(H2,21,22,23,24,25). The highest BCUT2D eigenvalue weighted by Gasteiger charge is 2.24. The predicted octanol–water partition coefficient (Wildman–Crippen LogP) is 5.11. The van der Waals surface area contributed by atoms with Gasteiger partial charge in [-0.25, -0.2) is 15.0 Å². The number of rotatable bonds is 6. The van der Waals surface area contributed by atoms with E-state index in [0.29, 0.717) is 10.9 Å². The van der Waals surface area contributed by atoms with Crippen molar-refractivity contribution in [2.45, 2.75) is 13.8 Å². The lowest BCUT2D eigenvalue weighted by atomic mass is 10.1. The second-order valence-corrected chi connectivity index (χ2v) is 7.56. The van der Waals surface area contributed by atoms with Crippen molar-refractivity contribution in [3.8, 4) is 5.75 Å². The number of hydrogen-bond donors (Lipinski definition) is 2. The van der Waals surface area contributed by atoms with Gasteiger partial charge in [-0.15, -0.1) is 0 Å². The largest absolute Gasteiger partial charge is 0.497 e. The molecule has 0 bridgehead atoms. The van der Waals surface area contributed by atoms with Gasteiger partial charge in [-0.2, -0.15) is 0 Å². The lowest BCUT2D eigenvalue weighted by Gasteiger charge is -2.12. The van der Waals surface area contributed by atoms with E-state index in [-0.39, 0.29) is 17.3 Å². The van der Waals surface area contributed by atoms with E-state index in [1.165, 1.54) is 17.7 Å². The Balaban J connectivity index is 1.71. The molecule has 0 unspecified atom stereocenters. The molecule has 2 aromatic heterocycles. The summed E-state index contributed by atoms with van der Waals surface area (Å²) in [4.78, 5) is 24.0. The second-order valence-electron chi connectivity index (χ2n) is 6.53. The highest BCUT2D eigenvalue weighted by atomic mass is 32.1. The molecule has 0 aliphatic heterocycles. The van der Waals surface area contributed by atoms with Gasteiger partial charge in [-0.1, -0.05) is 23.5 Å². The molecule has 0 saturated carbocycles. The van der Waals surface area contributed by atoms with Crippen molar-refractivity contribution in [1.29, 1.82) is 0 Å². The summed E-state index contributed by atoms with van der Waals surface area (Å²) >= 11 is 1.35. The molecule has 0 amide bonds. The number of anilines is 4. The fourth-order valence-corrected chi connectivity index (χ4v) is 3.83. The quantitative estimate of drug-likeness (QED) is 0.325. The van der Waals surface area contributed by atoms with Crippen molar-refractivity contribution in [1.82, 2.24) is 15.0 Å². The zero-order valence-corrected chi connectivity index (χ0v) is 17.3. The molecule has 30 heavy (non-hydrogen) atoms. The minimum absolute atomic E-state index is 0.0637. The zero-order valence-electron chi connectivity index (χ0n) is 16.5. The van der Waals surface area contributed by atoms with E-state index in [9.17, 15) is 10.1 Å². The summed E-state index contributed by atoms with van der Waals surface area (Å²) in [5.74, 6) is 0.883. The van der Waals surface area contributed by atoms with Crippen LogP contribution in [0.15, 0.2) is 42.7 Å². The lowest BCUT2D eigenvalue weighted by Crippen LogP contribution is -2.06. The van der Waals surface area contributed by atoms with E-state index < -0.39 is 4.92 Å². The number of thiazole rings is 1. The topological polar surface area (TPSA) is 115 Å². The highest BCUT2D eigenvalue weighted by Crippen LogP contribution is 2.36. The summed E-state index contributed by atoms with van der Waals surface area (Å²) in [5, 5.41) is 18.4. The fourth-order valence-electron chi connectivity index (χ4n) is 2.94. The third-order valence-corrected chi connectivity index (χ3v) is 5.62. The van der Waals surface area contributed by atoms with E-state index in [2.05, 4.69) is 25.6 Å². The number of methoxy groups -OCH3 is 1. The van der Waals surface area contributed by atoms with Gasteiger partial charge in [0, 0.05) is 5.69 Å². The van der Waals surface area contributed by atoms with Crippen molar-refractivity contribution in [2.24, 2.45) is 0 Å². The first-order valence-electron chi connectivity index (χ1n) is 9.00. The number of nitrogens with one attached hydrogen (secondary N) is 2. The average Bonchev–Trinajstić information content (AvgIpc) is 3.12. The molecule has 2 heterocycles. The van der Waals surface area contributed by atoms with Crippen LogP contribution in [0, 0.1) is 24.0 Å².